The van der Waals surface area contributed by atoms with E-state index in [0.29, 0.717) is 24.2 Å². The second-order valence-corrected chi connectivity index (χ2v) is 6.20. The number of aryl methyl sites for hydroxylation is 1. The number of ether oxygens (including phenoxy) is 1. The molecule has 1 aliphatic heterocycles. The van der Waals surface area contributed by atoms with Crippen LogP contribution in [0.1, 0.15) is 23.6 Å². The summed E-state index contributed by atoms with van der Waals surface area (Å²) in [6, 6.07) is 5.59. The van der Waals surface area contributed by atoms with E-state index in [1.54, 1.807) is 0 Å². The highest BCUT2D eigenvalue weighted by Gasteiger charge is 2.19. The maximum atomic E-state index is 13.4. The molecule has 2 aromatic heterocycles. The van der Waals surface area contributed by atoms with Crippen LogP contribution in [-0.4, -0.2) is 33.0 Å². The number of nitrogens with zero attached hydrogens (tertiary/aromatic N) is 4. The Hall–Kier alpha value is -2.87. The zero-order valence-electron chi connectivity index (χ0n) is 14.1. The summed E-state index contributed by atoms with van der Waals surface area (Å²) in [7, 11) is 0. The van der Waals surface area contributed by atoms with Gasteiger partial charge in [0.25, 0.3) is 0 Å². The molecule has 1 fully saturated rings. The number of rotatable bonds is 4. The molecule has 3 heterocycles. The van der Waals surface area contributed by atoms with E-state index in [1.165, 1.54) is 17.1 Å². The first kappa shape index (κ1) is 16.6. The SMILES string of the molecule is Cc1ncc(C2CCOC2)cc1Nc1ncn(-c2ccc(F)c(F)c2)n1. The van der Waals surface area contributed by atoms with E-state index in [0.717, 1.165) is 42.1 Å². The Bertz CT molecular complexity index is 937. The van der Waals surface area contributed by atoms with Gasteiger partial charge in [-0.15, -0.1) is 5.10 Å². The predicted molar refractivity (Wildman–Crippen MR) is 91.7 cm³/mol. The van der Waals surface area contributed by atoms with E-state index in [9.17, 15) is 8.78 Å². The van der Waals surface area contributed by atoms with Crippen molar-refractivity contribution < 1.29 is 13.5 Å². The summed E-state index contributed by atoms with van der Waals surface area (Å²) in [5, 5.41) is 7.41. The van der Waals surface area contributed by atoms with Gasteiger partial charge in [-0.2, -0.15) is 4.98 Å². The van der Waals surface area contributed by atoms with Crippen LogP contribution in [0.25, 0.3) is 5.69 Å². The van der Waals surface area contributed by atoms with Crippen molar-refractivity contribution in [1.29, 1.82) is 0 Å². The fourth-order valence-electron chi connectivity index (χ4n) is 2.89. The zero-order valence-corrected chi connectivity index (χ0v) is 14.1. The number of hydrogen-bond acceptors (Lipinski definition) is 5. The van der Waals surface area contributed by atoms with Gasteiger partial charge in [0.1, 0.15) is 6.33 Å². The topological polar surface area (TPSA) is 64.9 Å². The first-order chi connectivity index (χ1) is 12.6. The fourth-order valence-corrected chi connectivity index (χ4v) is 2.89. The summed E-state index contributed by atoms with van der Waals surface area (Å²) in [5.41, 5.74) is 3.11. The second kappa shape index (κ2) is 6.80. The van der Waals surface area contributed by atoms with Gasteiger partial charge in [-0.05, 0) is 37.1 Å². The molecule has 1 saturated heterocycles. The summed E-state index contributed by atoms with van der Waals surface area (Å²) < 4.78 is 33.3. The highest BCUT2D eigenvalue weighted by molar-refractivity contribution is 5.57. The van der Waals surface area contributed by atoms with Crippen LogP contribution in [0.4, 0.5) is 20.4 Å². The van der Waals surface area contributed by atoms with Gasteiger partial charge in [0.05, 0.1) is 23.7 Å². The quantitative estimate of drug-likeness (QED) is 0.774. The van der Waals surface area contributed by atoms with E-state index in [2.05, 4.69) is 20.4 Å². The molecular formula is C18H17F2N5O. The van der Waals surface area contributed by atoms with Crippen molar-refractivity contribution in [2.24, 2.45) is 0 Å². The minimum Gasteiger partial charge on any atom is -0.381 e. The summed E-state index contributed by atoms with van der Waals surface area (Å²) in [5.74, 6) is -1.14. The number of pyridine rings is 1. The Balaban J connectivity index is 1.57. The van der Waals surface area contributed by atoms with E-state index < -0.39 is 11.6 Å². The van der Waals surface area contributed by atoms with Crippen molar-refractivity contribution in [3.63, 3.8) is 0 Å². The standard InChI is InChI=1S/C18H17F2N5O/c1-11-17(6-13(8-21-11)12-4-5-26-9-12)23-18-22-10-25(24-18)14-2-3-15(19)16(20)7-14/h2-3,6-8,10,12H,4-5,9H2,1H3,(H,23,24). The molecule has 3 aromatic rings. The molecule has 6 nitrogen and oxygen atoms in total. The Labute approximate surface area is 148 Å². The van der Waals surface area contributed by atoms with Crippen LogP contribution in [0, 0.1) is 18.6 Å². The number of halogens is 2. The smallest absolute Gasteiger partial charge is 0.247 e. The van der Waals surface area contributed by atoms with Gasteiger partial charge in [-0.25, -0.2) is 13.5 Å². The van der Waals surface area contributed by atoms with Crippen LogP contribution in [-0.2, 0) is 4.74 Å². The molecule has 26 heavy (non-hydrogen) atoms. The maximum Gasteiger partial charge on any atom is 0.247 e. The van der Waals surface area contributed by atoms with Crippen molar-refractivity contribution >= 4 is 11.6 Å². The lowest BCUT2D eigenvalue weighted by Crippen LogP contribution is -2.03. The number of aromatic nitrogens is 4. The number of nitrogens with one attached hydrogen (secondary N) is 1. The van der Waals surface area contributed by atoms with E-state index in [-0.39, 0.29) is 0 Å². The Morgan fingerprint density at radius 1 is 1.19 bits per heavy atom. The molecule has 1 atom stereocenters. The number of anilines is 2. The normalized spacial score (nSPS) is 16.8. The third-order valence-electron chi connectivity index (χ3n) is 4.42. The summed E-state index contributed by atoms with van der Waals surface area (Å²) >= 11 is 0. The van der Waals surface area contributed by atoms with Crippen LogP contribution in [0.3, 0.4) is 0 Å². The zero-order chi connectivity index (χ0) is 18.1. The molecule has 1 aliphatic rings. The largest absolute Gasteiger partial charge is 0.381 e. The molecule has 0 saturated carbocycles. The lowest BCUT2D eigenvalue weighted by molar-refractivity contribution is 0.194. The predicted octanol–water partition coefficient (Wildman–Crippen LogP) is 3.50. The van der Waals surface area contributed by atoms with Gasteiger partial charge < -0.3 is 10.1 Å². The van der Waals surface area contributed by atoms with Gasteiger partial charge >= 0.3 is 0 Å². The van der Waals surface area contributed by atoms with Gasteiger partial charge in [-0.3, -0.25) is 4.98 Å². The lowest BCUT2D eigenvalue weighted by atomic mass is 10.00. The third kappa shape index (κ3) is 3.28. The van der Waals surface area contributed by atoms with Gasteiger partial charge in [0.2, 0.25) is 5.95 Å². The first-order valence-corrected chi connectivity index (χ1v) is 8.28. The molecular weight excluding hydrogens is 340 g/mol. The molecule has 1 unspecified atom stereocenters. The second-order valence-electron chi connectivity index (χ2n) is 6.20. The summed E-state index contributed by atoms with van der Waals surface area (Å²) in [4.78, 5) is 8.61. The van der Waals surface area contributed by atoms with E-state index in [1.807, 2.05) is 19.2 Å². The number of benzene rings is 1. The lowest BCUT2D eigenvalue weighted by Gasteiger charge is -2.12. The molecule has 0 bridgehead atoms. The van der Waals surface area contributed by atoms with E-state index >= 15 is 0 Å². The van der Waals surface area contributed by atoms with E-state index in [4.69, 9.17) is 4.74 Å². The highest BCUT2D eigenvalue weighted by atomic mass is 19.2. The molecule has 0 radical (unpaired) electrons. The molecule has 1 aromatic carbocycles. The monoisotopic (exact) mass is 357 g/mol. The highest BCUT2D eigenvalue weighted by Crippen LogP contribution is 2.28. The van der Waals surface area contributed by atoms with Crippen LogP contribution in [0.2, 0.25) is 0 Å². The molecule has 4 rings (SSSR count). The number of hydrogen-bond donors (Lipinski definition) is 1. The summed E-state index contributed by atoms with van der Waals surface area (Å²) in [6.45, 7) is 3.36. The van der Waals surface area contributed by atoms with Crippen molar-refractivity contribution in [1.82, 2.24) is 19.7 Å². The Morgan fingerprint density at radius 3 is 2.85 bits per heavy atom. The van der Waals surface area contributed by atoms with Crippen LogP contribution >= 0.6 is 0 Å². The Morgan fingerprint density at radius 2 is 2.08 bits per heavy atom. The molecule has 134 valence electrons. The Kier molecular flexibility index (Phi) is 4.34. The maximum absolute atomic E-state index is 13.4. The average Bonchev–Trinajstić information content (AvgIpc) is 3.31. The third-order valence-corrected chi connectivity index (χ3v) is 4.42. The minimum absolute atomic E-state index is 0.344. The molecule has 8 heteroatoms. The average molecular weight is 357 g/mol. The van der Waals surface area contributed by atoms with Crippen LogP contribution in [0.5, 0.6) is 0 Å². The first-order valence-electron chi connectivity index (χ1n) is 8.28. The molecule has 0 aliphatic carbocycles. The minimum atomic E-state index is -0.931. The van der Waals surface area contributed by atoms with Crippen molar-refractivity contribution in [2.75, 3.05) is 18.5 Å². The van der Waals surface area contributed by atoms with Crippen molar-refractivity contribution in [3.05, 3.63) is 59.7 Å². The van der Waals surface area contributed by atoms with Crippen molar-refractivity contribution in [2.45, 2.75) is 19.3 Å². The summed E-state index contributed by atoms with van der Waals surface area (Å²) in [6.07, 6.45) is 4.28. The van der Waals surface area contributed by atoms with Gasteiger partial charge in [-0.1, -0.05) is 0 Å². The van der Waals surface area contributed by atoms with Crippen LogP contribution in [0.15, 0.2) is 36.8 Å². The molecule has 0 amide bonds. The van der Waals surface area contributed by atoms with Gasteiger partial charge in [0.15, 0.2) is 11.6 Å². The van der Waals surface area contributed by atoms with Gasteiger partial charge in [0, 0.05) is 24.8 Å². The van der Waals surface area contributed by atoms with Crippen LogP contribution < -0.4 is 5.32 Å². The fraction of sp³-hybridized carbons (Fsp3) is 0.278. The molecule has 1 N–H and O–H groups in total. The van der Waals surface area contributed by atoms with Crippen molar-refractivity contribution in [3.8, 4) is 5.69 Å². The molecule has 0 spiro atoms.